The van der Waals surface area contributed by atoms with Crippen LogP contribution in [0.15, 0.2) is 76.2 Å². The number of hydrogen-bond donors (Lipinski definition) is 2. The monoisotopic (exact) mass is 445 g/mol. The van der Waals surface area contributed by atoms with Crippen LogP contribution in [0.5, 0.6) is 0 Å². The zero-order chi connectivity index (χ0) is 18.8. The van der Waals surface area contributed by atoms with Crippen molar-refractivity contribution in [3.05, 3.63) is 78.4 Å². The van der Waals surface area contributed by atoms with Gasteiger partial charge in [-0.25, -0.2) is 0 Å². The molecule has 0 spiro atoms. The maximum atomic E-state index is 5.78. The lowest BCUT2D eigenvalue weighted by Crippen LogP contribution is -2.45. The molecule has 0 aliphatic carbocycles. The molecule has 3 heterocycles. The number of rotatable bonds is 5. The van der Waals surface area contributed by atoms with E-state index in [-0.39, 0.29) is 24.8 Å². The minimum absolute atomic E-state index is 0. The van der Waals surface area contributed by atoms with Crippen molar-refractivity contribution in [3.8, 4) is 11.1 Å². The first-order valence-corrected chi connectivity index (χ1v) is 9.80. The summed E-state index contributed by atoms with van der Waals surface area (Å²) < 4.78 is 10.8. The van der Waals surface area contributed by atoms with Crippen molar-refractivity contribution in [2.45, 2.75) is 31.5 Å². The van der Waals surface area contributed by atoms with E-state index >= 15 is 0 Å². The Kier molecular flexibility index (Phi) is 7.56. The summed E-state index contributed by atoms with van der Waals surface area (Å²) in [4.78, 5) is 0. The van der Waals surface area contributed by atoms with E-state index in [2.05, 4.69) is 58.3 Å². The molecule has 7 heteroatoms. The van der Waals surface area contributed by atoms with E-state index < -0.39 is 0 Å². The molecule has 4 aromatic rings. The maximum absolute atomic E-state index is 5.78. The van der Waals surface area contributed by atoms with Crippen LogP contribution in [-0.2, 0) is 6.54 Å². The van der Waals surface area contributed by atoms with Crippen molar-refractivity contribution in [2.24, 2.45) is 0 Å². The Morgan fingerprint density at radius 1 is 1.07 bits per heavy atom. The van der Waals surface area contributed by atoms with Gasteiger partial charge in [-0.3, -0.25) is 0 Å². The number of nitrogens with zero attached hydrogens (tertiary/aromatic N) is 1. The van der Waals surface area contributed by atoms with E-state index in [1.54, 1.807) is 18.7 Å². The molecule has 5 rings (SSSR count). The molecule has 2 N–H and O–H groups in total. The molecule has 2 aromatic heterocycles. The van der Waals surface area contributed by atoms with Crippen LogP contribution in [0.2, 0.25) is 0 Å². The predicted molar refractivity (Wildman–Crippen MR) is 123 cm³/mol. The van der Waals surface area contributed by atoms with Gasteiger partial charge in [-0.05, 0) is 48.7 Å². The van der Waals surface area contributed by atoms with Gasteiger partial charge in [-0.15, -0.1) is 24.8 Å². The van der Waals surface area contributed by atoms with Crippen molar-refractivity contribution in [1.82, 2.24) is 15.8 Å². The lowest BCUT2D eigenvalue weighted by Gasteiger charge is -2.34. The lowest BCUT2D eigenvalue weighted by atomic mass is 9.92. The summed E-state index contributed by atoms with van der Waals surface area (Å²) in [5, 5.41) is 12.4. The fourth-order valence-electron chi connectivity index (χ4n) is 4.16. The van der Waals surface area contributed by atoms with E-state index in [9.17, 15) is 0 Å². The highest BCUT2D eigenvalue weighted by Gasteiger charge is 2.25. The second kappa shape index (κ2) is 10.1. The second-order valence-corrected chi connectivity index (χ2v) is 7.36. The first-order chi connectivity index (χ1) is 13.9. The largest absolute Gasteiger partial charge is 0.464 e. The van der Waals surface area contributed by atoms with E-state index in [0.29, 0.717) is 12.1 Å². The molecule has 1 fully saturated rings. The van der Waals surface area contributed by atoms with Gasteiger partial charge in [-0.1, -0.05) is 35.5 Å². The SMILES string of the molecule is Cl.Cl.c1ccc([C@@H]2NCCC[C@@H]2NCc2cc(-c3cnoc3)cc3ccoc23)cc1. The highest BCUT2D eigenvalue weighted by molar-refractivity contribution is 5.86. The highest BCUT2D eigenvalue weighted by atomic mass is 35.5. The Morgan fingerprint density at radius 2 is 1.93 bits per heavy atom. The molecule has 2 atom stereocenters. The molecule has 0 amide bonds. The fourth-order valence-corrected chi connectivity index (χ4v) is 4.16. The number of nitrogens with one attached hydrogen (secondary N) is 2. The summed E-state index contributed by atoms with van der Waals surface area (Å²) >= 11 is 0. The van der Waals surface area contributed by atoms with Crippen molar-refractivity contribution in [3.63, 3.8) is 0 Å². The first kappa shape index (κ1) is 22.4. The van der Waals surface area contributed by atoms with Crippen molar-refractivity contribution in [2.75, 3.05) is 6.54 Å². The molecule has 0 unspecified atom stereocenters. The average Bonchev–Trinajstić information content (AvgIpc) is 3.44. The summed E-state index contributed by atoms with van der Waals surface area (Å²) in [5.74, 6) is 0. The molecule has 2 aromatic carbocycles. The first-order valence-electron chi connectivity index (χ1n) is 9.80. The van der Waals surface area contributed by atoms with Crippen LogP contribution >= 0.6 is 24.8 Å². The van der Waals surface area contributed by atoms with Gasteiger partial charge in [0.05, 0.1) is 12.5 Å². The number of fused-ring (bicyclic) bond motifs is 1. The van der Waals surface area contributed by atoms with E-state index in [0.717, 1.165) is 47.2 Å². The van der Waals surface area contributed by atoms with E-state index in [1.807, 2.05) is 6.07 Å². The van der Waals surface area contributed by atoms with E-state index in [1.165, 1.54) is 12.0 Å². The Hall–Kier alpha value is -2.31. The van der Waals surface area contributed by atoms with E-state index in [4.69, 9.17) is 8.94 Å². The van der Waals surface area contributed by atoms with Gasteiger partial charge in [0.25, 0.3) is 0 Å². The molecule has 0 saturated carbocycles. The smallest absolute Gasteiger partial charge is 0.138 e. The number of benzene rings is 2. The highest BCUT2D eigenvalue weighted by Crippen LogP contribution is 2.29. The summed E-state index contributed by atoms with van der Waals surface area (Å²) in [7, 11) is 0. The standard InChI is InChI=1S/C23H23N3O2.2ClH/c1-2-5-16(6-3-1)22-21(7-4-9-24-22)25-13-19-12-18(20-14-26-28-15-20)11-17-8-10-27-23(17)19;;/h1-3,5-6,8,10-12,14-15,21-22,24-25H,4,7,9,13H2;2*1H/t21-,22-;;/m0../s1. The van der Waals surface area contributed by atoms with Crippen LogP contribution in [0, 0.1) is 0 Å². The zero-order valence-electron chi connectivity index (χ0n) is 16.4. The molecule has 0 bridgehead atoms. The summed E-state index contributed by atoms with van der Waals surface area (Å²) in [6.07, 6.45) is 7.50. The lowest BCUT2D eigenvalue weighted by molar-refractivity contribution is 0.304. The number of hydrogen-bond acceptors (Lipinski definition) is 5. The quantitative estimate of drug-likeness (QED) is 0.423. The minimum atomic E-state index is 0. The van der Waals surface area contributed by atoms with Gasteiger partial charge < -0.3 is 19.6 Å². The molecule has 158 valence electrons. The number of halogens is 2. The molecule has 1 aliphatic rings. The summed E-state index contributed by atoms with van der Waals surface area (Å²) in [6, 6.07) is 17.7. The van der Waals surface area contributed by atoms with Crippen LogP contribution in [0.3, 0.4) is 0 Å². The fraction of sp³-hybridized carbons (Fsp3) is 0.261. The molecule has 1 saturated heterocycles. The number of piperidine rings is 1. The third kappa shape index (κ3) is 4.55. The van der Waals surface area contributed by atoms with Crippen LogP contribution < -0.4 is 10.6 Å². The van der Waals surface area contributed by atoms with Crippen LogP contribution in [-0.4, -0.2) is 17.7 Å². The Bertz CT molecular complexity index is 1050. The third-order valence-electron chi connectivity index (χ3n) is 5.57. The Labute approximate surface area is 188 Å². The number of aromatic nitrogens is 1. The van der Waals surface area contributed by atoms with Gasteiger partial charge in [0, 0.05) is 35.1 Å². The molecule has 30 heavy (non-hydrogen) atoms. The molecule has 0 radical (unpaired) electrons. The van der Waals surface area contributed by atoms with Gasteiger partial charge in [-0.2, -0.15) is 0 Å². The number of furan rings is 1. The summed E-state index contributed by atoms with van der Waals surface area (Å²) in [6.45, 7) is 1.81. The normalized spacial score (nSPS) is 18.5. The maximum Gasteiger partial charge on any atom is 0.138 e. The van der Waals surface area contributed by atoms with Crippen molar-refractivity contribution in [1.29, 1.82) is 0 Å². The van der Waals surface area contributed by atoms with Crippen LogP contribution in [0.4, 0.5) is 0 Å². The topological polar surface area (TPSA) is 63.2 Å². The van der Waals surface area contributed by atoms with Crippen LogP contribution in [0.25, 0.3) is 22.1 Å². The predicted octanol–water partition coefficient (Wildman–Crippen LogP) is 5.51. The van der Waals surface area contributed by atoms with Gasteiger partial charge in [0.2, 0.25) is 0 Å². The average molecular weight is 446 g/mol. The molecular formula is C23H25Cl2N3O2. The Balaban J connectivity index is 0.00000128. The Morgan fingerprint density at radius 3 is 2.73 bits per heavy atom. The van der Waals surface area contributed by atoms with Crippen LogP contribution in [0.1, 0.15) is 30.0 Å². The second-order valence-electron chi connectivity index (χ2n) is 7.36. The summed E-state index contributed by atoms with van der Waals surface area (Å²) in [5.41, 5.74) is 5.49. The third-order valence-corrected chi connectivity index (χ3v) is 5.57. The molecule has 5 nitrogen and oxygen atoms in total. The van der Waals surface area contributed by atoms with Gasteiger partial charge in [0.15, 0.2) is 0 Å². The van der Waals surface area contributed by atoms with Gasteiger partial charge in [0.1, 0.15) is 11.8 Å². The zero-order valence-corrected chi connectivity index (χ0v) is 18.0. The van der Waals surface area contributed by atoms with Gasteiger partial charge >= 0.3 is 0 Å². The van der Waals surface area contributed by atoms with Crippen molar-refractivity contribution >= 4 is 35.8 Å². The van der Waals surface area contributed by atoms with Crippen molar-refractivity contribution < 1.29 is 8.94 Å². The molecular weight excluding hydrogens is 421 g/mol. The minimum Gasteiger partial charge on any atom is -0.464 e. The molecule has 1 aliphatic heterocycles.